The third kappa shape index (κ3) is 3.67. The first-order valence-corrected chi connectivity index (χ1v) is 6.79. The Kier molecular flexibility index (Phi) is 5.76. The molecule has 19 heavy (non-hydrogen) atoms. The Morgan fingerprint density at radius 1 is 1.32 bits per heavy atom. The normalized spacial score (nSPS) is 12.2. The minimum atomic E-state index is 0.00306. The van der Waals surface area contributed by atoms with Crippen molar-refractivity contribution < 1.29 is 5.11 Å². The SMILES string of the molecule is CC.Cc1cc2c(NC(CO)C(C)C)ncnc2[nH]1. The zero-order valence-corrected chi connectivity index (χ0v) is 12.4. The summed E-state index contributed by atoms with van der Waals surface area (Å²) in [6.07, 6.45) is 1.52. The van der Waals surface area contributed by atoms with Gasteiger partial charge in [0.25, 0.3) is 0 Å². The van der Waals surface area contributed by atoms with Gasteiger partial charge in [-0.15, -0.1) is 0 Å². The first-order valence-electron chi connectivity index (χ1n) is 6.79. The summed E-state index contributed by atoms with van der Waals surface area (Å²) in [5.41, 5.74) is 1.87. The predicted octanol–water partition coefficient (Wildman–Crippen LogP) is 2.72. The first-order chi connectivity index (χ1) is 9.11. The van der Waals surface area contributed by atoms with Gasteiger partial charge in [-0.2, -0.15) is 0 Å². The summed E-state index contributed by atoms with van der Waals surface area (Å²) in [4.78, 5) is 11.6. The van der Waals surface area contributed by atoms with E-state index in [4.69, 9.17) is 0 Å². The summed E-state index contributed by atoms with van der Waals surface area (Å²) in [6, 6.07) is 2.01. The Hall–Kier alpha value is -1.62. The van der Waals surface area contributed by atoms with Crippen LogP contribution in [0.4, 0.5) is 5.82 Å². The summed E-state index contributed by atoms with van der Waals surface area (Å²) in [7, 11) is 0. The average Bonchev–Trinajstić information content (AvgIpc) is 2.78. The van der Waals surface area contributed by atoms with Gasteiger partial charge in [0.2, 0.25) is 0 Å². The fourth-order valence-electron chi connectivity index (χ4n) is 1.79. The van der Waals surface area contributed by atoms with Gasteiger partial charge >= 0.3 is 0 Å². The van der Waals surface area contributed by atoms with Crippen LogP contribution in [-0.2, 0) is 0 Å². The molecule has 3 N–H and O–H groups in total. The number of H-pyrrole nitrogens is 1. The largest absolute Gasteiger partial charge is 0.394 e. The van der Waals surface area contributed by atoms with E-state index in [9.17, 15) is 5.11 Å². The highest BCUT2D eigenvalue weighted by atomic mass is 16.3. The Bertz CT molecular complexity index is 507. The van der Waals surface area contributed by atoms with Crippen LogP contribution in [0.1, 0.15) is 33.4 Å². The highest BCUT2D eigenvalue weighted by Crippen LogP contribution is 2.21. The summed E-state index contributed by atoms with van der Waals surface area (Å²) >= 11 is 0. The lowest BCUT2D eigenvalue weighted by Gasteiger charge is -2.20. The Labute approximate surface area is 114 Å². The minimum absolute atomic E-state index is 0.00306. The van der Waals surface area contributed by atoms with Crippen molar-refractivity contribution in [3.8, 4) is 0 Å². The van der Waals surface area contributed by atoms with Gasteiger partial charge in [-0.25, -0.2) is 9.97 Å². The van der Waals surface area contributed by atoms with Crippen LogP contribution < -0.4 is 5.32 Å². The van der Waals surface area contributed by atoms with Gasteiger partial charge in [0.05, 0.1) is 18.0 Å². The second-order valence-corrected chi connectivity index (χ2v) is 4.61. The standard InChI is InChI=1S/C12H18N4O.C2H6/c1-7(2)10(5-17)16-12-9-4-8(3)15-11(9)13-6-14-12;1-2/h4,6-7,10,17H,5H2,1-3H3,(H2,13,14,15,16);1-2H3. The van der Waals surface area contributed by atoms with Crippen molar-refractivity contribution in [1.29, 1.82) is 0 Å². The molecule has 0 amide bonds. The van der Waals surface area contributed by atoms with Crippen molar-refractivity contribution in [2.45, 2.75) is 40.7 Å². The number of aromatic amines is 1. The molecule has 0 aromatic carbocycles. The van der Waals surface area contributed by atoms with Crippen LogP contribution in [-0.4, -0.2) is 32.7 Å². The third-order valence-electron chi connectivity index (χ3n) is 2.88. The van der Waals surface area contributed by atoms with E-state index in [0.29, 0.717) is 5.92 Å². The number of aliphatic hydroxyl groups is 1. The molecule has 0 aliphatic carbocycles. The van der Waals surface area contributed by atoms with Crippen LogP contribution in [0, 0.1) is 12.8 Å². The predicted molar refractivity (Wildman–Crippen MR) is 79.3 cm³/mol. The fraction of sp³-hybridized carbons (Fsp3) is 0.571. The van der Waals surface area contributed by atoms with Crippen LogP contribution in [0.25, 0.3) is 11.0 Å². The van der Waals surface area contributed by atoms with E-state index in [2.05, 4.69) is 34.1 Å². The second-order valence-electron chi connectivity index (χ2n) is 4.61. The van der Waals surface area contributed by atoms with Crippen molar-refractivity contribution in [1.82, 2.24) is 15.0 Å². The van der Waals surface area contributed by atoms with Gasteiger partial charge in [-0.05, 0) is 18.9 Å². The molecular formula is C14H24N4O. The molecule has 0 aliphatic heterocycles. The van der Waals surface area contributed by atoms with E-state index in [1.165, 1.54) is 6.33 Å². The molecule has 1 atom stereocenters. The number of nitrogens with one attached hydrogen (secondary N) is 2. The van der Waals surface area contributed by atoms with Gasteiger partial charge in [0, 0.05) is 5.69 Å². The average molecular weight is 264 g/mol. The zero-order chi connectivity index (χ0) is 14.4. The molecule has 5 nitrogen and oxygen atoms in total. The fourth-order valence-corrected chi connectivity index (χ4v) is 1.79. The van der Waals surface area contributed by atoms with E-state index in [1.807, 2.05) is 26.8 Å². The lowest BCUT2D eigenvalue weighted by molar-refractivity contribution is 0.249. The minimum Gasteiger partial charge on any atom is -0.394 e. The highest BCUT2D eigenvalue weighted by Gasteiger charge is 2.14. The van der Waals surface area contributed by atoms with Crippen LogP contribution in [0.5, 0.6) is 0 Å². The maximum atomic E-state index is 9.32. The number of fused-ring (bicyclic) bond motifs is 1. The molecule has 0 bridgehead atoms. The number of rotatable bonds is 4. The first kappa shape index (κ1) is 15.4. The van der Waals surface area contributed by atoms with Crippen molar-refractivity contribution in [2.24, 2.45) is 5.92 Å². The molecule has 2 heterocycles. The Balaban J connectivity index is 0.000000861. The molecule has 2 aromatic rings. The molecule has 5 heteroatoms. The molecule has 0 spiro atoms. The smallest absolute Gasteiger partial charge is 0.143 e. The van der Waals surface area contributed by atoms with E-state index in [1.54, 1.807) is 0 Å². The maximum Gasteiger partial charge on any atom is 0.143 e. The van der Waals surface area contributed by atoms with Crippen LogP contribution >= 0.6 is 0 Å². The van der Waals surface area contributed by atoms with Crippen LogP contribution in [0.2, 0.25) is 0 Å². The number of aryl methyl sites for hydroxylation is 1. The summed E-state index contributed by atoms with van der Waals surface area (Å²) in [5, 5.41) is 13.5. The number of anilines is 1. The molecule has 0 radical (unpaired) electrons. The Morgan fingerprint density at radius 2 is 2.00 bits per heavy atom. The van der Waals surface area contributed by atoms with E-state index >= 15 is 0 Å². The topological polar surface area (TPSA) is 73.8 Å². The molecule has 0 saturated heterocycles. The summed E-state index contributed by atoms with van der Waals surface area (Å²) in [5.74, 6) is 1.11. The Morgan fingerprint density at radius 3 is 2.58 bits per heavy atom. The number of hydrogen-bond acceptors (Lipinski definition) is 4. The number of nitrogens with zero attached hydrogens (tertiary/aromatic N) is 2. The molecule has 0 aliphatic rings. The quantitative estimate of drug-likeness (QED) is 0.794. The molecule has 1 unspecified atom stereocenters. The third-order valence-corrected chi connectivity index (χ3v) is 2.88. The summed E-state index contributed by atoms with van der Waals surface area (Å²) in [6.45, 7) is 10.2. The zero-order valence-electron chi connectivity index (χ0n) is 12.4. The lowest BCUT2D eigenvalue weighted by atomic mass is 10.1. The van der Waals surface area contributed by atoms with E-state index in [0.717, 1.165) is 22.5 Å². The molecule has 0 fully saturated rings. The van der Waals surface area contributed by atoms with Crippen molar-refractivity contribution in [2.75, 3.05) is 11.9 Å². The van der Waals surface area contributed by atoms with Gasteiger partial charge in [0.15, 0.2) is 0 Å². The monoisotopic (exact) mass is 264 g/mol. The van der Waals surface area contributed by atoms with E-state index < -0.39 is 0 Å². The summed E-state index contributed by atoms with van der Waals surface area (Å²) < 4.78 is 0. The van der Waals surface area contributed by atoms with Gasteiger partial charge in [-0.3, -0.25) is 0 Å². The van der Waals surface area contributed by atoms with Crippen molar-refractivity contribution in [3.05, 3.63) is 18.1 Å². The number of aliphatic hydroxyl groups excluding tert-OH is 1. The lowest BCUT2D eigenvalue weighted by Crippen LogP contribution is -2.29. The molecule has 2 aromatic heterocycles. The second kappa shape index (κ2) is 7.09. The molecular weight excluding hydrogens is 240 g/mol. The van der Waals surface area contributed by atoms with Crippen molar-refractivity contribution in [3.63, 3.8) is 0 Å². The highest BCUT2D eigenvalue weighted by molar-refractivity contribution is 5.87. The molecule has 0 saturated carbocycles. The van der Waals surface area contributed by atoms with Gasteiger partial charge in [0.1, 0.15) is 17.8 Å². The molecule has 2 rings (SSSR count). The maximum absolute atomic E-state index is 9.32. The van der Waals surface area contributed by atoms with Crippen LogP contribution in [0.15, 0.2) is 12.4 Å². The molecule has 106 valence electrons. The number of hydrogen-bond donors (Lipinski definition) is 3. The van der Waals surface area contributed by atoms with Crippen LogP contribution in [0.3, 0.4) is 0 Å². The van der Waals surface area contributed by atoms with Crippen molar-refractivity contribution >= 4 is 16.9 Å². The number of aromatic nitrogens is 3. The van der Waals surface area contributed by atoms with Gasteiger partial charge in [-0.1, -0.05) is 27.7 Å². The van der Waals surface area contributed by atoms with E-state index in [-0.39, 0.29) is 12.6 Å². The van der Waals surface area contributed by atoms with Gasteiger partial charge < -0.3 is 15.4 Å².